The molecule has 5 heteroatoms. The lowest BCUT2D eigenvalue weighted by molar-refractivity contribution is 0.369. The minimum Gasteiger partial charge on any atom is -0.210 e. The fourth-order valence-electron chi connectivity index (χ4n) is 1.87. The Bertz CT molecular complexity index is 520. The molecule has 0 aliphatic carbocycles. The van der Waals surface area contributed by atoms with Gasteiger partial charge in [-0.05, 0) is 30.4 Å². The van der Waals surface area contributed by atoms with Gasteiger partial charge in [0.2, 0.25) is 10.0 Å². The molecule has 3 nitrogen and oxygen atoms in total. The molecule has 0 fully saturated rings. The van der Waals surface area contributed by atoms with Gasteiger partial charge in [0.05, 0.1) is 4.90 Å². The molecule has 0 bridgehead atoms. The Labute approximate surface area is 121 Å². The standard InChI is InChI=1S/C14H22ClNO2S/c1-11-7-5-6-8-13(11)19(17,18)16-10-12(15)9-14(2,3)4/h5-8,12,16H,9-10H2,1-4H3. The molecule has 19 heavy (non-hydrogen) atoms. The molecule has 0 heterocycles. The molecule has 1 N–H and O–H groups in total. The zero-order chi connectivity index (χ0) is 14.7. The molecule has 1 rings (SSSR count). The monoisotopic (exact) mass is 303 g/mol. The first kappa shape index (κ1) is 16.5. The molecule has 0 spiro atoms. The van der Waals surface area contributed by atoms with E-state index in [1.165, 1.54) is 0 Å². The van der Waals surface area contributed by atoms with Crippen molar-refractivity contribution in [3.05, 3.63) is 29.8 Å². The van der Waals surface area contributed by atoms with E-state index in [0.29, 0.717) is 4.90 Å². The minimum absolute atomic E-state index is 0.0839. The second-order valence-electron chi connectivity index (χ2n) is 5.98. The zero-order valence-electron chi connectivity index (χ0n) is 11.9. The molecule has 1 aromatic carbocycles. The summed E-state index contributed by atoms with van der Waals surface area (Å²) in [6.45, 7) is 8.27. The van der Waals surface area contributed by atoms with Crippen molar-refractivity contribution in [1.29, 1.82) is 0 Å². The zero-order valence-corrected chi connectivity index (χ0v) is 13.5. The summed E-state index contributed by atoms with van der Waals surface area (Å²) < 4.78 is 26.9. The van der Waals surface area contributed by atoms with Gasteiger partial charge in [-0.1, -0.05) is 39.0 Å². The van der Waals surface area contributed by atoms with E-state index in [2.05, 4.69) is 25.5 Å². The van der Waals surface area contributed by atoms with Crippen LogP contribution in [-0.4, -0.2) is 20.3 Å². The molecule has 0 amide bonds. The van der Waals surface area contributed by atoms with Gasteiger partial charge in [-0.25, -0.2) is 13.1 Å². The number of alkyl halides is 1. The Kier molecular flexibility index (Phi) is 5.42. The molecular formula is C14H22ClNO2S. The largest absolute Gasteiger partial charge is 0.240 e. The van der Waals surface area contributed by atoms with E-state index in [1.54, 1.807) is 25.1 Å². The summed E-state index contributed by atoms with van der Waals surface area (Å²) in [5.74, 6) is 0. The van der Waals surface area contributed by atoms with E-state index in [4.69, 9.17) is 11.6 Å². The number of nitrogens with one attached hydrogen (secondary N) is 1. The van der Waals surface area contributed by atoms with Crippen LogP contribution in [-0.2, 0) is 10.0 Å². The maximum Gasteiger partial charge on any atom is 0.240 e. The van der Waals surface area contributed by atoms with Crippen molar-refractivity contribution < 1.29 is 8.42 Å². The molecule has 0 aromatic heterocycles. The molecular weight excluding hydrogens is 282 g/mol. The summed E-state index contributed by atoms with van der Waals surface area (Å²) in [4.78, 5) is 0.314. The van der Waals surface area contributed by atoms with Crippen molar-refractivity contribution in [3.8, 4) is 0 Å². The first-order valence-corrected chi connectivity index (χ1v) is 8.23. The Morgan fingerprint density at radius 2 is 1.84 bits per heavy atom. The number of benzene rings is 1. The molecule has 0 aliphatic rings. The van der Waals surface area contributed by atoms with Crippen molar-refractivity contribution in [2.45, 2.75) is 44.4 Å². The van der Waals surface area contributed by atoms with E-state index >= 15 is 0 Å². The summed E-state index contributed by atoms with van der Waals surface area (Å²) >= 11 is 6.17. The third-order valence-electron chi connectivity index (χ3n) is 2.71. The van der Waals surface area contributed by atoms with Gasteiger partial charge < -0.3 is 0 Å². The Hall–Kier alpha value is -0.580. The number of sulfonamides is 1. The minimum atomic E-state index is -3.48. The number of hydrogen-bond acceptors (Lipinski definition) is 2. The fourth-order valence-corrected chi connectivity index (χ4v) is 3.83. The van der Waals surface area contributed by atoms with Gasteiger partial charge in [-0.3, -0.25) is 0 Å². The lowest BCUT2D eigenvalue weighted by atomic mass is 9.90. The number of halogens is 1. The van der Waals surface area contributed by atoms with E-state index < -0.39 is 10.0 Å². The Balaban J connectivity index is 2.70. The highest BCUT2D eigenvalue weighted by atomic mass is 35.5. The van der Waals surface area contributed by atoms with Crippen LogP contribution < -0.4 is 4.72 Å². The molecule has 0 radical (unpaired) electrons. The summed E-state index contributed by atoms with van der Waals surface area (Å²) in [5, 5.41) is -0.209. The van der Waals surface area contributed by atoms with Gasteiger partial charge >= 0.3 is 0 Å². The van der Waals surface area contributed by atoms with E-state index in [9.17, 15) is 8.42 Å². The maximum absolute atomic E-state index is 12.2. The molecule has 0 saturated heterocycles. The van der Waals surface area contributed by atoms with Gasteiger partial charge in [-0.2, -0.15) is 0 Å². The van der Waals surface area contributed by atoms with Crippen LogP contribution in [0.2, 0.25) is 0 Å². The van der Waals surface area contributed by atoms with Crippen molar-refractivity contribution in [2.24, 2.45) is 5.41 Å². The first-order chi connectivity index (χ1) is 8.62. The fraction of sp³-hybridized carbons (Fsp3) is 0.571. The van der Waals surface area contributed by atoms with Crippen molar-refractivity contribution in [1.82, 2.24) is 4.72 Å². The normalized spacial score (nSPS) is 14.4. The summed E-state index contributed by atoms with van der Waals surface area (Å²) in [7, 11) is -3.48. The van der Waals surface area contributed by atoms with Crippen LogP contribution in [0.15, 0.2) is 29.2 Å². The second kappa shape index (κ2) is 6.25. The highest BCUT2D eigenvalue weighted by molar-refractivity contribution is 7.89. The van der Waals surface area contributed by atoms with Crippen molar-refractivity contribution in [2.75, 3.05) is 6.54 Å². The molecule has 108 valence electrons. The summed E-state index contributed by atoms with van der Waals surface area (Å²) in [5.41, 5.74) is 0.817. The Morgan fingerprint density at radius 3 is 2.37 bits per heavy atom. The lowest BCUT2D eigenvalue weighted by Crippen LogP contribution is -2.32. The maximum atomic E-state index is 12.2. The lowest BCUT2D eigenvalue weighted by Gasteiger charge is -2.22. The Morgan fingerprint density at radius 1 is 1.26 bits per heavy atom. The SMILES string of the molecule is Cc1ccccc1S(=O)(=O)NCC(Cl)CC(C)(C)C. The van der Waals surface area contributed by atoms with Gasteiger partial charge in [0.1, 0.15) is 0 Å². The van der Waals surface area contributed by atoms with E-state index in [0.717, 1.165) is 12.0 Å². The van der Waals surface area contributed by atoms with Crippen LogP contribution in [0.3, 0.4) is 0 Å². The van der Waals surface area contributed by atoms with Crippen LogP contribution >= 0.6 is 11.6 Å². The predicted molar refractivity (Wildman–Crippen MR) is 80.1 cm³/mol. The van der Waals surface area contributed by atoms with Crippen LogP contribution in [0.25, 0.3) is 0 Å². The van der Waals surface area contributed by atoms with Crippen molar-refractivity contribution >= 4 is 21.6 Å². The number of hydrogen-bond donors (Lipinski definition) is 1. The topological polar surface area (TPSA) is 46.2 Å². The summed E-state index contributed by atoms with van der Waals surface area (Å²) in [6, 6.07) is 6.92. The average Bonchev–Trinajstić information content (AvgIpc) is 2.24. The van der Waals surface area contributed by atoms with Gasteiger partial charge in [0.25, 0.3) is 0 Å². The van der Waals surface area contributed by atoms with Crippen LogP contribution in [0, 0.1) is 12.3 Å². The van der Waals surface area contributed by atoms with Crippen molar-refractivity contribution in [3.63, 3.8) is 0 Å². The van der Waals surface area contributed by atoms with Gasteiger partial charge in [0.15, 0.2) is 0 Å². The molecule has 1 unspecified atom stereocenters. The molecule has 1 atom stereocenters. The second-order valence-corrected chi connectivity index (χ2v) is 8.33. The summed E-state index contributed by atoms with van der Waals surface area (Å²) in [6.07, 6.45) is 0.755. The van der Waals surface area contributed by atoms with E-state index in [1.807, 2.05) is 6.07 Å². The molecule has 1 aromatic rings. The quantitative estimate of drug-likeness (QED) is 0.848. The first-order valence-electron chi connectivity index (χ1n) is 6.31. The predicted octanol–water partition coefficient (Wildman–Crippen LogP) is 3.32. The van der Waals surface area contributed by atoms with Crippen LogP contribution in [0.1, 0.15) is 32.8 Å². The molecule has 0 aliphatic heterocycles. The highest BCUT2D eigenvalue weighted by Crippen LogP contribution is 2.23. The van der Waals surface area contributed by atoms with E-state index in [-0.39, 0.29) is 17.3 Å². The van der Waals surface area contributed by atoms with Crippen LogP contribution in [0.4, 0.5) is 0 Å². The average molecular weight is 304 g/mol. The highest BCUT2D eigenvalue weighted by Gasteiger charge is 2.21. The van der Waals surface area contributed by atoms with Gasteiger partial charge in [0, 0.05) is 11.9 Å². The number of rotatable bonds is 5. The van der Waals surface area contributed by atoms with Gasteiger partial charge in [-0.15, -0.1) is 11.6 Å². The third kappa shape index (κ3) is 5.51. The third-order valence-corrected chi connectivity index (χ3v) is 4.60. The smallest absolute Gasteiger partial charge is 0.210 e. The van der Waals surface area contributed by atoms with Crippen LogP contribution in [0.5, 0.6) is 0 Å². The molecule has 0 saturated carbocycles. The number of aryl methyl sites for hydroxylation is 1.